The van der Waals surface area contributed by atoms with E-state index in [0.717, 1.165) is 6.20 Å². The van der Waals surface area contributed by atoms with Crippen LogP contribution in [0.1, 0.15) is 17.7 Å². The number of hydrogen-bond acceptors (Lipinski definition) is 5. The van der Waals surface area contributed by atoms with Gasteiger partial charge in [-0.05, 0) is 12.1 Å². The molecule has 0 amide bonds. The molecule has 7 nitrogen and oxygen atoms in total. The van der Waals surface area contributed by atoms with Crippen LogP contribution >= 0.6 is 0 Å². The Morgan fingerprint density at radius 3 is 2.78 bits per heavy atom. The lowest BCUT2D eigenvalue weighted by Gasteiger charge is -2.10. The van der Waals surface area contributed by atoms with Crippen LogP contribution in [0.5, 0.6) is 0 Å². The Morgan fingerprint density at radius 1 is 1.22 bits per heavy atom. The molecule has 10 heteroatoms. The molecule has 142 valence electrons. The zero-order valence-corrected chi connectivity index (χ0v) is 14.0. The Hall–Kier alpha value is -3.17. The lowest BCUT2D eigenvalue weighted by Crippen LogP contribution is -2.16. The van der Waals surface area contributed by atoms with E-state index in [-0.39, 0.29) is 37.0 Å². The summed E-state index contributed by atoms with van der Waals surface area (Å²) in [6.45, 7) is -0.0150. The molecule has 0 aliphatic rings. The highest BCUT2D eigenvalue weighted by molar-refractivity contribution is 5.78. The third-order valence-corrected chi connectivity index (χ3v) is 3.93. The summed E-state index contributed by atoms with van der Waals surface area (Å²) in [7, 11) is 0. The molecule has 0 atom stereocenters. The largest absolute Gasteiger partial charge is 0.465 e. The van der Waals surface area contributed by atoms with Gasteiger partial charge < -0.3 is 4.74 Å². The van der Waals surface area contributed by atoms with Crippen LogP contribution in [0.4, 0.5) is 13.2 Å². The number of nitrogens with zero attached hydrogens (tertiary/aromatic N) is 3. The van der Waals surface area contributed by atoms with E-state index in [4.69, 9.17) is 4.74 Å². The van der Waals surface area contributed by atoms with Gasteiger partial charge >= 0.3 is 12.1 Å². The first-order valence-corrected chi connectivity index (χ1v) is 8.06. The molecule has 0 radical (unpaired) electrons. The average Bonchev–Trinajstić information content (AvgIpc) is 3.10. The number of hydrogen-bond donors (Lipinski definition) is 1. The Balaban J connectivity index is 1.55. The van der Waals surface area contributed by atoms with E-state index in [1.165, 1.54) is 10.9 Å². The topological polar surface area (TPSA) is 89.9 Å². The summed E-state index contributed by atoms with van der Waals surface area (Å²) in [5, 5.41) is 9.76. The first-order chi connectivity index (χ1) is 12.9. The third-order valence-electron chi connectivity index (χ3n) is 3.93. The number of para-hydroxylation sites is 1. The number of rotatable bonds is 6. The summed E-state index contributed by atoms with van der Waals surface area (Å²) in [6.07, 6.45) is -2.43. The van der Waals surface area contributed by atoms with Crippen LogP contribution < -0.4 is 5.43 Å². The van der Waals surface area contributed by atoms with Gasteiger partial charge in [0.15, 0.2) is 0 Å². The molecular formula is C17H15F3N4O3. The zero-order valence-electron chi connectivity index (χ0n) is 14.0. The molecule has 2 aromatic heterocycles. The number of carbonyl (C=O) groups is 1. The van der Waals surface area contributed by atoms with Crippen LogP contribution in [-0.2, 0) is 28.7 Å². The van der Waals surface area contributed by atoms with Crippen molar-refractivity contribution < 1.29 is 22.7 Å². The molecule has 0 fully saturated rings. The monoisotopic (exact) mass is 380 g/mol. The van der Waals surface area contributed by atoms with E-state index >= 15 is 0 Å². The zero-order chi connectivity index (χ0) is 19.4. The maximum Gasteiger partial charge on any atom is 0.433 e. The Labute approximate surface area is 150 Å². The molecule has 1 N–H and O–H groups in total. The van der Waals surface area contributed by atoms with Crippen molar-refractivity contribution in [3.8, 4) is 0 Å². The molecule has 0 saturated carbocycles. The van der Waals surface area contributed by atoms with Crippen LogP contribution in [0, 0.1) is 0 Å². The van der Waals surface area contributed by atoms with Crippen molar-refractivity contribution in [2.45, 2.75) is 25.6 Å². The van der Waals surface area contributed by atoms with E-state index in [9.17, 15) is 22.8 Å². The van der Waals surface area contributed by atoms with Crippen molar-refractivity contribution in [2.24, 2.45) is 0 Å². The van der Waals surface area contributed by atoms with E-state index in [2.05, 4.69) is 10.2 Å². The lowest BCUT2D eigenvalue weighted by molar-refractivity contribution is -0.144. The van der Waals surface area contributed by atoms with Gasteiger partial charge in [0.05, 0.1) is 37.5 Å². The van der Waals surface area contributed by atoms with Gasteiger partial charge in [-0.1, -0.05) is 12.1 Å². The van der Waals surface area contributed by atoms with Gasteiger partial charge in [0.1, 0.15) is 5.69 Å². The van der Waals surface area contributed by atoms with E-state index in [1.807, 2.05) is 5.10 Å². The second-order valence-electron chi connectivity index (χ2n) is 5.74. The van der Waals surface area contributed by atoms with Gasteiger partial charge in [0, 0.05) is 17.4 Å². The summed E-state index contributed by atoms with van der Waals surface area (Å²) in [5.41, 5.74) is -0.637. The molecule has 3 rings (SSSR count). The maximum atomic E-state index is 12.7. The first kappa shape index (κ1) is 18.6. The fraction of sp³-hybridized carbons (Fsp3) is 0.294. The summed E-state index contributed by atoms with van der Waals surface area (Å²) >= 11 is 0. The summed E-state index contributed by atoms with van der Waals surface area (Å²) < 4.78 is 44.7. The van der Waals surface area contributed by atoms with Crippen LogP contribution in [0.3, 0.4) is 0 Å². The first-order valence-electron chi connectivity index (χ1n) is 8.06. The van der Waals surface area contributed by atoms with Crippen LogP contribution in [-0.4, -0.2) is 32.6 Å². The highest BCUT2D eigenvalue weighted by Crippen LogP contribution is 2.30. The smallest absolute Gasteiger partial charge is 0.433 e. The number of halogens is 3. The molecule has 0 aliphatic heterocycles. The second-order valence-corrected chi connectivity index (χ2v) is 5.74. The Kier molecular flexibility index (Phi) is 5.24. The minimum absolute atomic E-state index is 0.0304. The molecule has 0 spiro atoms. The molecule has 0 aliphatic carbocycles. The summed E-state index contributed by atoms with van der Waals surface area (Å²) in [5.74, 6) is -0.573. The number of H-pyrrole nitrogens is 1. The standard InChI is InChI=1S/C17H15F3N4O3/c18-17(19,20)16-11(9-21-23-16)6-8-27-15(26)5-7-24-13-4-2-1-3-12(13)14(25)10-22-24/h1-4,9-10H,5-8H2,(H,21,23). The number of benzene rings is 1. The van der Waals surface area contributed by atoms with Crippen molar-refractivity contribution in [1.82, 2.24) is 20.0 Å². The van der Waals surface area contributed by atoms with Crippen molar-refractivity contribution in [1.29, 1.82) is 0 Å². The summed E-state index contributed by atoms with van der Waals surface area (Å²) in [6, 6.07) is 6.86. The van der Waals surface area contributed by atoms with Crippen LogP contribution in [0.25, 0.3) is 10.9 Å². The number of aryl methyl sites for hydroxylation is 1. The number of carbonyl (C=O) groups excluding carboxylic acids is 1. The minimum Gasteiger partial charge on any atom is -0.465 e. The molecule has 3 aromatic rings. The number of esters is 1. The lowest BCUT2D eigenvalue weighted by atomic mass is 10.2. The van der Waals surface area contributed by atoms with Crippen molar-refractivity contribution >= 4 is 16.9 Å². The predicted molar refractivity (Wildman–Crippen MR) is 88.9 cm³/mol. The highest BCUT2D eigenvalue weighted by Gasteiger charge is 2.35. The number of aromatic nitrogens is 4. The number of ether oxygens (including phenoxy) is 1. The third kappa shape index (κ3) is 4.33. The van der Waals surface area contributed by atoms with E-state index in [1.54, 1.807) is 24.3 Å². The molecule has 0 bridgehead atoms. The Morgan fingerprint density at radius 2 is 2.00 bits per heavy atom. The number of nitrogens with one attached hydrogen (secondary N) is 1. The van der Waals surface area contributed by atoms with Crippen molar-refractivity contribution in [2.75, 3.05) is 6.61 Å². The van der Waals surface area contributed by atoms with Gasteiger partial charge in [0.25, 0.3) is 0 Å². The van der Waals surface area contributed by atoms with E-state index < -0.39 is 17.8 Å². The highest BCUT2D eigenvalue weighted by atomic mass is 19.4. The predicted octanol–water partition coefficient (Wildman–Crippen LogP) is 2.31. The van der Waals surface area contributed by atoms with E-state index in [0.29, 0.717) is 10.9 Å². The number of alkyl halides is 3. The molecule has 27 heavy (non-hydrogen) atoms. The van der Waals surface area contributed by atoms with Gasteiger partial charge in [-0.3, -0.25) is 19.4 Å². The van der Waals surface area contributed by atoms with Crippen LogP contribution in [0.15, 0.2) is 41.5 Å². The quantitative estimate of drug-likeness (QED) is 0.663. The van der Waals surface area contributed by atoms with Crippen LogP contribution in [0.2, 0.25) is 0 Å². The average molecular weight is 380 g/mol. The van der Waals surface area contributed by atoms with Gasteiger partial charge in [-0.25, -0.2) is 0 Å². The fourth-order valence-corrected chi connectivity index (χ4v) is 2.63. The molecule has 0 unspecified atom stereocenters. The van der Waals surface area contributed by atoms with Gasteiger partial charge in [0.2, 0.25) is 5.43 Å². The summed E-state index contributed by atoms with van der Waals surface area (Å²) in [4.78, 5) is 23.6. The Bertz CT molecular complexity index is 1010. The van der Waals surface area contributed by atoms with Gasteiger partial charge in [-0.15, -0.1) is 0 Å². The maximum absolute atomic E-state index is 12.7. The number of fused-ring (bicyclic) bond motifs is 1. The fourth-order valence-electron chi connectivity index (χ4n) is 2.63. The second kappa shape index (κ2) is 7.60. The SMILES string of the molecule is O=C(CCn1ncc(=O)c2ccccc21)OCCc1cn[nH]c1C(F)(F)F. The molecule has 0 saturated heterocycles. The normalized spacial score (nSPS) is 11.7. The van der Waals surface area contributed by atoms with Crippen molar-refractivity contribution in [3.63, 3.8) is 0 Å². The number of aromatic amines is 1. The van der Waals surface area contributed by atoms with Gasteiger partial charge in [-0.2, -0.15) is 23.4 Å². The molecule has 2 heterocycles. The molecular weight excluding hydrogens is 365 g/mol. The van der Waals surface area contributed by atoms with Crippen molar-refractivity contribution in [3.05, 3.63) is 58.1 Å². The molecule has 1 aromatic carbocycles. The minimum atomic E-state index is -4.53.